The fourth-order valence-corrected chi connectivity index (χ4v) is 0. The number of rotatable bonds is 0. The quantitative estimate of drug-likeness (QED) is 0.561. The van der Waals surface area contributed by atoms with Gasteiger partial charge in [-0.1, -0.05) is 41.5 Å². The van der Waals surface area contributed by atoms with Gasteiger partial charge in [-0.25, -0.2) is 0 Å². The van der Waals surface area contributed by atoms with Crippen LogP contribution in [0.2, 0.25) is 0 Å². The molecule has 0 aromatic heterocycles. The summed E-state index contributed by atoms with van der Waals surface area (Å²) >= 11 is 0. The van der Waals surface area contributed by atoms with Crippen LogP contribution in [0.4, 0.5) is 0 Å². The summed E-state index contributed by atoms with van der Waals surface area (Å²) in [6.45, 7) is 13.1. The second-order valence-electron chi connectivity index (χ2n) is 4.24. The van der Waals surface area contributed by atoms with Crippen LogP contribution in [0.25, 0.3) is 0 Å². The van der Waals surface area contributed by atoms with Gasteiger partial charge in [0.2, 0.25) is 0 Å². The molecule has 5 heteroatoms. The van der Waals surface area contributed by atoms with Crippen LogP contribution in [-0.4, -0.2) is 29.5 Å². The third-order valence-corrected chi connectivity index (χ3v) is 0. The predicted octanol–water partition coefficient (Wildman–Crippen LogP) is -0.348. The molecule has 112 valence electrons. The summed E-state index contributed by atoms with van der Waals surface area (Å²) in [6.07, 6.45) is -1.42. The molecule has 4 nitrogen and oxygen atoms in total. The Kier molecular flexibility index (Phi) is 46.9. The van der Waals surface area contributed by atoms with E-state index in [0.29, 0.717) is 0 Å². The topological polar surface area (TPSA) is 89.4 Å². The molecule has 0 fully saturated rings. The standard InChI is InChI=1S/C3H8O.3C3H7O.Ho/c4*1-3(2)4;/h3-4H,1-2H3;3*3H,1-2H3;/q;3*-1;+3. The molecule has 0 unspecified atom stereocenters. The Bertz CT molecular complexity index is 61.5. The van der Waals surface area contributed by atoms with Crippen LogP contribution in [0.1, 0.15) is 55.4 Å². The minimum Gasteiger partial charge on any atom is -0.852 e. The van der Waals surface area contributed by atoms with Gasteiger partial charge in [0.15, 0.2) is 0 Å². The van der Waals surface area contributed by atoms with Crippen LogP contribution in [0, 0.1) is 37.7 Å². The summed E-state index contributed by atoms with van der Waals surface area (Å²) in [5.74, 6) is 0. The van der Waals surface area contributed by atoms with E-state index in [9.17, 15) is 15.3 Å². The summed E-state index contributed by atoms with van der Waals surface area (Å²) in [5, 5.41) is 36.6. The van der Waals surface area contributed by atoms with Crippen LogP contribution in [0.5, 0.6) is 0 Å². The Balaban J connectivity index is -0.0000000369. The van der Waals surface area contributed by atoms with Gasteiger partial charge >= 0.3 is 37.7 Å². The molecule has 0 aliphatic heterocycles. The maximum absolute atomic E-state index is 9.53. The van der Waals surface area contributed by atoms with Crippen molar-refractivity contribution in [2.24, 2.45) is 0 Å². The van der Waals surface area contributed by atoms with Crippen molar-refractivity contribution in [2.75, 3.05) is 0 Å². The Morgan fingerprint density at radius 3 is 0.588 bits per heavy atom. The first-order chi connectivity index (χ1) is 6.93. The average molecular weight is 402 g/mol. The Labute approximate surface area is 137 Å². The smallest absolute Gasteiger partial charge is 0.852 e. The van der Waals surface area contributed by atoms with Crippen LogP contribution >= 0.6 is 0 Å². The molecule has 0 radical (unpaired) electrons. The van der Waals surface area contributed by atoms with Crippen LogP contribution < -0.4 is 15.3 Å². The van der Waals surface area contributed by atoms with Crippen molar-refractivity contribution >= 4 is 0 Å². The number of hydrogen-bond donors (Lipinski definition) is 1. The van der Waals surface area contributed by atoms with Gasteiger partial charge in [-0.3, -0.25) is 0 Å². The molecule has 0 aliphatic rings. The first-order valence-corrected chi connectivity index (χ1v) is 5.58. The van der Waals surface area contributed by atoms with Crippen LogP contribution in [0.15, 0.2) is 0 Å². The first-order valence-electron chi connectivity index (χ1n) is 5.58. The monoisotopic (exact) mass is 402 g/mol. The molecule has 0 saturated heterocycles. The third-order valence-electron chi connectivity index (χ3n) is 0. The van der Waals surface area contributed by atoms with Gasteiger partial charge in [0, 0.05) is 6.10 Å². The minimum absolute atomic E-state index is 0. The molecular formula is C12H29HoO4. The summed E-state index contributed by atoms with van der Waals surface area (Å²) in [4.78, 5) is 0. The largest absolute Gasteiger partial charge is 3.00 e. The van der Waals surface area contributed by atoms with Crippen molar-refractivity contribution in [3.63, 3.8) is 0 Å². The molecule has 0 aromatic rings. The van der Waals surface area contributed by atoms with E-state index in [1.165, 1.54) is 0 Å². The SMILES string of the molecule is CC(C)O.CC(C)[O-].CC(C)[O-].CC(C)[O-].[Ho+3]. The van der Waals surface area contributed by atoms with Crippen molar-refractivity contribution < 1.29 is 58.2 Å². The van der Waals surface area contributed by atoms with Gasteiger partial charge in [-0.15, -0.1) is 18.3 Å². The van der Waals surface area contributed by atoms with Crippen molar-refractivity contribution in [1.82, 2.24) is 0 Å². The molecule has 0 bridgehead atoms. The van der Waals surface area contributed by atoms with E-state index in [2.05, 4.69) is 0 Å². The van der Waals surface area contributed by atoms with E-state index >= 15 is 0 Å². The maximum Gasteiger partial charge on any atom is 3.00 e. The summed E-state index contributed by atoms with van der Waals surface area (Å²) in [5.41, 5.74) is 0. The second-order valence-corrected chi connectivity index (χ2v) is 4.24. The van der Waals surface area contributed by atoms with Crippen LogP contribution in [0.3, 0.4) is 0 Å². The minimum atomic E-state index is -0.417. The second kappa shape index (κ2) is 25.8. The molecule has 0 aromatic carbocycles. The fraction of sp³-hybridized carbons (Fsp3) is 1.00. The van der Waals surface area contributed by atoms with E-state index in [4.69, 9.17) is 5.11 Å². The zero-order valence-corrected chi connectivity index (χ0v) is 14.2. The van der Waals surface area contributed by atoms with Crippen molar-refractivity contribution in [3.8, 4) is 0 Å². The van der Waals surface area contributed by atoms with Crippen molar-refractivity contribution in [3.05, 3.63) is 0 Å². The van der Waals surface area contributed by atoms with Gasteiger partial charge in [0.05, 0.1) is 0 Å². The van der Waals surface area contributed by atoms with Gasteiger partial charge in [0.25, 0.3) is 0 Å². The van der Waals surface area contributed by atoms with E-state index in [-0.39, 0.29) is 43.8 Å². The number of aliphatic hydroxyl groups excluding tert-OH is 1. The summed E-state index contributed by atoms with van der Waals surface area (Å²) in [6, 6.07) is 0. The van der Waals surface area contributed by atoms with Gasteiger partial charge in [0.1, 0.15) is 0 Å². The number of aliphatic hydroxyl groups is 1. The molecule has 1 N–H and O–H groups in total. The molecule has 0 aliphatic carbocycles. The van der Waals surface area contributed by atoms with E-state index in [0.717, 1.165) is 0 Å². The molecule has 0 heterocycles. The first kappa shape index (κ1) is 30.8. The molecule has 0 amide bonds. The Morgan fingerprint density at radius 2 is 0.588 bits per heavy atom. The molecule has 0 saturated carbocycles. The Hall–Kier alpha value is 1.10. The normalized spacial score (nSPS) is 8.47. The summed E-state index contributed by atoms with van der Waals surface area (Å²) in [7, 11) is 0. The molecule has 0 spiro atoms. The molecule has 0 rings (SSSR count). The van der Waals surface area contributed by atoms with Crippen molar-refractivity contribution in [1.29, 1.82) is 0 Å². The summed E-state index contributed by atoms with van der Waals surface area (Å²) < 4.78 is 0. The van der Waals surface area contributed by atoms with E-state index in [1.807, 2.05) is 0 Å². The predicted molar refractivity (Wildman–Crippen MR) is 62.8 cm³/mol. The molecule has 17 heavy (non-hydrogen) atoms. The van der Waals surface area contributed by atoms with Gasteiger partial charge in [-0.2, -0.15) is 0 Å². The van der Waals surface area contributed by atoms with Gasteiger partial charge in [-0.05, 0) is 13.8 Å². The fourth-order valence-electron chi connectivity index (χ4n) is 0. The van der Waals surface area contributed by atoms with E-state index in [1.54, 1.807) is 55.4 Å². The molecular weight excluding hydrogens is 373 g/mol. The third kappa shape index (κ3) is 3220. The van der Waals surface area contributed by atoms with Crippen LogP contribution in [-0.2, 0) is 0 Å². The average Bonchev–Trinajstić information content (AvgIpc) is 1.76. The maximum atomic E-state index is 9.53. The zero-order chi connectivity index (χ0) is 14.3. The van der Waals surface area contributed by atoms with Crippen molar-refractivity contribution in [2.45, 2.75) is 79.8 Å². The van der Waals surface area contributed by atoms with Gasteiger partial charge < -0.3 is 20.4 Å². The van der Waals surface area contributed by atoms with E-state index < -0.39 is 18.3 Å². The zero-order valence-electron chi connectivity index (χ0n) is 12.3. The molecule has 0 atom stereocenters. The Morgan fingerprint density at radius 1 is 0.588 bits per heavy atom. The number of hydrogen-bond acceptors (Lipinski definition) is 4.